The van der Waals surface area contributed by atoms with E-state index in [2.05, 4.69) is 0 Å². The minimum absolute atomic E-state index is 0.0958. The van der Waals surface area contributed by atoms with Gasteiger partial charge in [0.1, 0.15) is 24.4 Å². The van der Waals surface area contributed by atoms with Gasteiger partial charge >= 0.3 is 0 Å². The lowest BCUT2D eigenvalue weighted by molar-refractivity contribution is -0.138. The molecule has 7 heteroatoms. The normalized spacial score (nSPS) is 18.4. The number of rotatable bonds is 10. The van der Waals surface area contributed by atoms with Gasteiger partial charge in [-0.1, -0.05) is 0 Å². The van der Waals surface area contributed by atoms with Crippen LogP contribution in [0.5, 0.6) is 0 Å². The average molecular weight is 265 g/mol. The maximum Gasteiger partial charge on any atom is 0.151 e. The lowest BCUT2D eigenvalue weighted by atomic mass is 10.0. The molecule has 0 bridgehead atoms. The number of carbonyl (C=O) groups excluding carboxylic acids is 1. The first kappa shape index (κ1) is 17.4. The summed E-state index contributed by atoms with van der Waals surface area (Å²) in [4.78, 5) is 12.2. The number of ether oxygens (including phenoxy) is 1. The molecule has 7 nitrogen and oxygen atoms in total. The van der Waals surface area contributed by atoms with E-state index in [1.54, 1.807) is 0 Å². The summed E-state index contributed by atoms with van der Waals surface area (Å²) < 4.78 is 5.11. The quantitative estimate of drug-likeness (QED) is 0.257. The lowest BCUT2D eigenvalue weighted by Gasteiger charge is -2.24. The zero-order chi connectivity index (χ0) is 14.1. The molecular formula is C11H23NO6. The maximum atomic E-state index is 10.2. The first-order valence-electron chi connectivity index (χ1n) is 5.80. The van der Waals surface area contributed by atoms with Crippen LogP contribution in [0.25, 0.3) is 0 Å². The number of aliphatic hydroxyl groups is 4. The molecule has 0 rings (SSSR count). The minimum Gasteiger partial charge on any atom is -0.388 e. The van der Waals surface area contributed by atoms with Gasteiger partial charge in [-0.05, 0) is 27.1 Å². The van der Waals surface area contributed by atoms with Gasteiger partial charge in [0.25, 0.3) is 0 Å². The third kappa shape index (κ3) is 7.00. The van der Waals surface area contributed by atoms with Gasteiger partial charge in [-0.2, -0.15) is 0 Å². The predicted octanol–water partition coefficient (Wildman–Crippen LogP) is -2.40. The van der Waals surface area contributed by atoms with Gasteiger partial charge in [-0.15, -0.1) is 0 Å². The van der Waals surface area contributed by atoms with E-state index < -0.39 is 24.4 Å². The Hall–Kier alpha value is -0.570. The second-order valence-corrected chi connectivity index (χ2v) is 4.41. The molecule has 0 aliphatic rings. The molecule has 0 saturated carbocycles. The molecule has 0 aliphatic heterocycles. The van der Waals surface area contributed by atoms with Gasteiger partial charge in [0.15, 0.2) is 6.29 Å². The Bertz CT molecular complexity index is 226. The van der Waals surface area contributed by atoms with Crippen molar-refractivity contribution in [1.29, 1.82) is 0 Å². The van der Waals surface area contributed by atoms with Crippen molar-refractivity contribution in [2.45, 2.75) is 30.8 Å². The van der Waals surface area contributed by atoms with Gasteiger partial charge in [0, 0.05) is 6.61 Å². The zero-order valence-corrected chi connectivity index (χ0v) is 10.8. The third-order valence-electron chi connectivity index (χ3n) is 2.42. The Kier molecular flexibility index (Phi) is 9.08. The molecule has 0 aromatic rings. The molecule has 0 aliphatic carbocycles. The highest BCUT2D eigenvalue weighted by Crippen LogP contribution is 2.04. The molecule has 0 spiro atoms. The molecule has 4 atom stereocenters. The number of nitrogens with zero attached hydrogens (tertiary/aromatic N) is 1. The maximum absolute atomic E-state index is 10.2. The molecule has 0 radical (unpaired) electrons. The van der Waals surface area contributed by atoms with Gasteiger partial charge in [-0.3, -0.25) is 0 Å². The molecular weight excluding hydrogens is 242 g/mol. The highest BCUT2D eigenvalue weighted by molar-refractivity contribution is 5.56. The molecule has 0 fully saturated rings. The van der Waals surface area contributed by atoms with E-state index in [1.165, 1.54) is 0 Å². The Morgan fingerprint density at radius 2 is 1.78 bits per heavy atom. The zero-order valence-electron chi connectivity index (χ0n) is 10.8. The summed E-state index contributed by atoms with van der Waals surface area (Å²) in [6.07, 6.45) is -5.55. The SMILES string of the molecule is CN(C)CCCOC[C@@H](O)[C@H](O)[C@H](O)[C@@H](O)C=O. The van der Waals surface area contributed by atoms with Crippen LogP contribution in [-0.4, -0.2) is 89.9 Å². The van der Waals surface area contributed by atoms with Crippen molar-refractivity contribution >= 4 is 6.29 Å². The lowest BCUT2D eigenvalue weighted by Crippen LogP contribution is -2.46. The highest BCUT2D eigenvalue weighted by atomic mass is 16.5. The van der Waals surface area contributed by atoms with Crippen molar-refractivity contribution in [2.75, 3.05) is 33.9 Å². The summed E-state index contributed by atoms with van der Waals surface area (Å²) in [7, 11) is 3.85. The van der Waals surface area contributed by atoms with Crippen LogP contribution >= 0.6 is 0 Å². The van der Waals surface area contributed by atoms with E-state index in [0.29, 0.717) is 6.61 Å². The summed E-state index contributed by atoms with van der Waals surface area (Å²) in [5, 5.41) is 37.2. The molecule has 0 amide bonds. The Labute approximate surface area is 107 Å². The summed E-state index contributed by atoms with van der Waals surface area (Å²) in [5.41, 5.74) is 0. The minimum atomic E-state index is -1.72. The number of carbonyl (C=O) groups is 1. The van der Waals surface area contributed by atoms with E-state index in [-0.39, 0.29) is 12.9 Å². The molecule has 0 aromatic heterocycles. The standard InChI is InChI=1S/C11H23NO6/c1-12(2)4-3-5-18-7-9(15)11(17)10(16)8(14)6-13/h6,8-11,14-17H,3-5,7H2,1-2H3/t8-,9+,10+,11-/m0/s1. The van der Waals surface area contributed by atoms with Crippen LogP contribution in [0, 0.1) is 0 Å². The van der Waals surface area contributed by atoms with E-state index >= 15 is 0 Å². The average Bonchev–Trinajstić information content (AvgIpc) is 2.34. The van der Waals surface area contributed by atoms with Crippen molar-refractivity contribution < 1.29 is 30.0 Å². The van der Waals surface area contributed by atoms with E-state index in [9.17, 15) is 20.1 Å². The molecule has 0 heterocycles. The van der Waals surface area contributed by atoms with Crippen molar-refractivity contribution in [3.63, 3.8) is 0 Å². The van der Waals surface area contributed by atoms with Crippen LogP contribution < -0.4 is 0 Å². The second-order valence-electron chi connectivity index (χ2n) is 4.41. The molecule has 0 aromatic carbocycles. The summed E-state index contributed by atoms with van der Waals surface area (Å²) >= 11 is 0. The summed E-state index contributed by atoms with van der Waals surface area (Å²) in [6, 6.07) is 0. The predicted molar refractivity (Wildman–Crippen MR) is 64.1 cm³/mol. The molecule has 4 N–H and O–H groups in total. The Morgan fingerprint density at radius 3 is 2.28 bits per heavy atom. The van der Waals surface area contributed by atoms with Gasteiger partial charge < -0.3 is 34.9 Å². The largest absolute Gasteiger partial charge is 0.388 e. The van der Waals surface area contributed by atoms with Crippen molar-refractivity contribution in [3.8, 4) is 0 Å². The molecule has 108 valence electrons. The van der Waals surface area contributed by atoms with E-state index in [0.717, 1.165) is 13.0 Å². The van der Waals surface area contributed by atoms with Crippen LogP contribution in [0.15, 0.2) is 0 Å². The van der Waals surface area contributed by atoms with Crippen molar-refractivity contribution in [1.82, 2.24) is 4.90 Å². The van der Waals surface area contributed by atoms with Crippen LogP contribution in [0.2, 0.25) is 0 Å². The van der Waals surface area contributed by atoms with Gasteiger partial charge in [0.05, 0.1) is 6.61 Å². The molecule has 0 saturated heterocycles. The first-order valence-corrected chi connectivity index (χ1v) is 5.80. The number of hydrogen-bond donors (Lipinski definition) is 4. The second kappa shape index (κ2) is 9.37. The molecule has 18 heavy (non-hydrogen) atoms. The van der Waals surface area contributed by atoms with Crippen LogP contribution in [0.4, 0.5) is 0 Å². The fraction of sp³-hybridized carbons (Fsp3) is 0.909. The highest BCUT2D eigenvalue weighted by Gasteiger charge is 2.30. The van der Waals surface area contributed by atoms with E-state index in [1.807, 2.05) is 19.0 Å². The third-order valence-corrected chi connectivity index (χ3v) is 2.42. The fourth-order valence-corrected chi connectivity index (χ4v) is 1.30. The molecule has 0 unspecified atom stereocenters. The van der Waals surface area contributed by atoms with Crippen LogP contribution in [-0.2, 0) is 9.53 Å². The van der Waals surface area contributed by atoms with Gasteiger partial charge in [0.2, 0.25) is 0 Å². The van der Waals surface area contributed by atoms with Crippen molar-refractivity contribution in [3.05, 3.63) is 0 Å². The van der Waals surface area contributed by atoms with Crippen molar-refractivity contribution in [2.24, 2.45) is 0 Å². The topological polar surface area (TPSA) is 110 Å². The Morgan fingerprint density at radius 1 is 1.17 bits per heavy atom. The fourth-order valence-electron chi connectivity index (χ4n) is 1.30. The van der Waals surface area contributed by atoms with E-state index in [4.69, 9.17) is 9.84 Å². The number of aliphatic hydroxyl groups excluding tert-OH is 4. The monoisotopic (exact) mass is 265 g/mol. The summed E-state index contributed by atoms with van der Waals surface area (Å²) in [6.45, 7) is 1.08. The van der Waals surface area contributed by atoms with Crippen LogP contribution in [0.3, 0.4) is 0 Å². The summed E-state index contributed by atoms with van der Waals surface area (Å²) in [5.74, 6) is 0. The smallest absolute Gasteiger partial charge is 0.151 e. The van der Waals surface area contributed by atoms with Crippen LogP contribution in [0.1, 0.15) is 6.42 Å². The van der Waals surface area contributed by atoms with Gasteiger partial charge in [-0.25, -0.2) is 0 Å². The Balaban J connectivity index is 3.80. The number of aldehydes is 1. The first-order chi connectivity index (χ1) is 8.40. The number of hydrogen-bond acceptors (Lipinski definition) is 7.